The quantitative estimate of drug-likeness (QED) is 0.839. The van der Waals surface area contributed by atoms with E-state index in [1.54, 1.807) is 11.8 Å². The van der Waals surface area contributed by atoms with E-state index in [0.29, 0.717) is 6.54 Å². The first-order valence-electron chi connectivity index (χ1n) is 8.12. The van der Waals surface area contributed by atoms with Crippen LogP contribution in [0.4, 0.5) is 0 Å². The summed E-state index contributed by atoms with van der Waals surface area (Å²) in [6.07, 6.45) is 5.91. The molecule has 2 rings (SSSR count). The molecule has 0 spiro atoms. The van der Waals surface area contributed by atoms with Gasteiger partial charge in [-0.15, -0.1) is 11.8 Å². The molecule has 0 aliphatic carbocycles. The molecule has 1 aromatic rings. The molecule has 0 unspecified atom stereocenters. The minimum Gasteiger partial charge on any atom is -0.350 e. The predicted molar refractivity (Wildman–Crippen MR) is 94.8 cm³/mol. The summed E-state index contributed by atoms with van der Waals surface area (Å²) in [4.78, 5) is 16.2. The predicted octanol–water partition coefficient (Wildman–Crippen LogP) is 3.71. The molecule has 1 amide bonds. The Bertz CT molecular complexity index is 522. The molecule has 0 bridgehead atoms. The van der Waals surface area contributed by atoms with E-state index in [4.69, 9.17) is 0 Å². The van der Waals surface area contributed by atoms with Crippen molar-refractivity contribution in [1.29, 1.82) is 0 Å². The lowest BCUT2D eigenvalue weighted by molar-refractivity contribution is 0.0797. The van der Waals surface area contributed by atoms with Gasteiger partial charge in [-0.1, -0.05) is 12.5 Å². The minimum absolute atomic E-state index is 0.0150. The van der Waals surface area contributed by atoms with Gasteiger partial charge < -0.3 is 5.32 Å². The maximum atomic E-state index is 12.5. The van der Waals surface area contributed by atoms with Crippen LogP contribution in [-0.4, -0.2) is 42.2 Å². The van der Waals surface area contributed by atoms with Gasteiger partial charge in [0.15, 0.2) is 0 Å². The highest BCUT2D eigenvalue weighted by atomic mass is 32.2. The molecule has 3 nitrogen and oxygen atoms in total. The largest absolute Gasteiger partial charge is 0.350 e. The molecule has 0 saturated carbocycles. The van der Waals surface area contributed by atoms with Gasteiger partial charge in [-0.05, 0) is 70.7 Å². The summed E-state index contributed by atoms with van der Waals surface area (Å²) in [5.74, 6) is 0.0403. The average molecular weight is 321 g/mol. The van der Waals surface area contributed by atoms with Gasteiger partial charge in [0, 0.05) is 22.5 Å². The van der Waals surface area contributed by atoms with Crippen LogP contribution in [-0.2, 0) is 0 Å². The smallest absolute Gasteiger partial charge is 0.251 e. The molecule has 1 saturated heterocycles. The molecule has 0 radical (unpaired) electrons. The van der Waals surface area contributed by atoms with Crippen LogP contribution in [0.5, 0.6) is 0 Å². The highest BCUT2D eigenvalue weighted by Gasteiger charge is 2.28. The summed E-state index contributed by atoms with van der Waals surface area (Å²) < 4.78 is 0. The van der Waals surface area contributed by atoms with Gasteiger partial charge in [0.2, 0.25) is 0 Å². The van der Waals surface area contributed by atoms with Crippen molar-refractivity contribution >= 4 is 17.7 Å². The van der Waals surface area contributed by atoms with Crippen LogP contribution in [0.15, 0.2) is 23.1 Å². The monoisotopic (exact) mass is 320 g/mol. The van der Waals surface area contributed by atoms with Crippen LogP contribution >= 0.6 is 11.8 Å². The number of thioether (sulfide) groups is 1. The Morgan fingerprint density at radius 1 is 1.27 bits per heavy atom. The summed E-state index contributed by atoms with van der Waals surface area (Å²) >= 11 is 1.67. The van der Waals surface area contributed by atoms with Crippen molar-refractivity contribution in [2.75, 3.05) is 25.9 Å². The molecule has 22 heavy (non-hydrogen) atoms. The maximum Gasteiger partial charge on any atom is 0.251 e. The van der Waals surface area contributed by atoms with Gasteiger partial charge >= 0.3 is 0 Å². The Kier molecular flexibility index (Phi) is 5.93. The number of hydrogen-bond donors (Lipinski definition) is 1. The maximum absolute atomic E-state index is 12.5. The fraction of sp³-hybridized carbons (Fsp3) is 0.611. The van der Waals surface area contributed by atoms with Gasteiger partial charge in [-0.2, -0.15) is 0 Å². The van der Waals surface area contributed by atoms with Crippen LogP contribution in [0.1, 0.15) is 49.0 Å². The fourth-order valence-electron chi connectivity index (χ4n) is 2.98. The van der Waals surface area contributed by atoms with E-state index < -0.39 is 0 Å². The molecule has 1 aromatic carbocycles. The van der Waals surface area contributed by atoms with E-state index in [1.165, 1.54) is 19.3 Å². The Labute approximate surface area is 138 Å². The van der Waals surface area contributed by atoms with E-state index in [1.807, 2.05) is 25.3 Å². The van der Waals surface area contributed by atoms with Gasteiger partial charge in [-0.3, -0.25) is 9.69 Å². The number of amides is 1. The summed E-state index contributed by atoms with van der Waals surface area (Å²) in [6.45, 7) is 9.42. The number of carbonyl (C=O) groups excluding carboxylic acids is 1. The number of nitrogens with zero attached hydrogens (tertiary/aromatic N) is 1. The van der Waals surface area contributed by atoms with Crippen LogP contribution < -0.4 is 5.32 Å². The minimum atomic E-state index is 0.0150. The third-order valence-electron chi connectivity index (χ3n) is 4.58. The molecule has 122 valence electrons. The van der Waals surface area contributed by atoms with E-state index >= 15 is 0 Å². The summed E-state index contributed by atoms with van der Waals surface area (Å²) in [5, 5.41) is 3.14. The van der Waals surface area contributed by atoms with E-state index in [0.717, 1.165) is 29.1 Å². The Balaban J connectivity index is 1.99. The van der Waals surface area contributed by atoms with Crippen LogP contribution in [0.2, 0.25) is 0 Å². The zero-order chi connectivity index (χ0) is 16.2. The number of hydrogen-bond acceptors (Lipinski definition) is 3. The van der Waals surface area contributed by atoms with Crippen molar-refractivity contribution in [3.63, 3.8) is 0 Å². The number of aryl methyl sites for hydroxylation is 1. The number of piperidine rings is 1. The fourth-order valence-corrected chi connectivity index (χ4v) is 3.42. The Morgan fingerprint density at radius 2 is 1.95 bits per heavy atom. The third kappa shape index (κ3) is 4.26. The summed E-state index contributed by atoms with van der Waals surface area (Å²) in [5.41, 5.74) is 1.84. The normalized spacial score (nSPS) is 16.5. The van der Waals surface area contributed by atoms with Crippen molar-refractivity contribution in [1.82, 2.24) is 10.2 Å². The second-order valence-electron chi connectivity index (χ2n) is 6.72. The number of nitrogens with one attached hydrogen (secondary N) is 1. The van der Waals surface area contributed by atoms with Crippen LogP contribution in [0.25, 0.3) is 0 Å². The molecular formula is C18H28N2OS. The van der Waals surface area contributed by atoms with E-state index in [-0.39, 0.29) is 11.4 Å². The average Bonchev–Trinajstić information content (AvgIpc) is 2.54. The lowest BCUT2D eigenvalue weighted by Crippen LogP contribution is -2.53. The SMILES string of the molecule is CSc1ccc(C)c(C(=O)NCC(C)(C)N2CCCCC2)c1. The lowest BCUT2D eigenvalue weighted by Gasteiger charge is -2.41. The topological polar surface area (TPSA) is 32.3 Å². The summed E-state index contributed by atoms with van der Waals surface area (Å²) in [6, 6.07) is 6.08. The molecule has 0 atom stereocenters. The third-order valence-corrected chi connectivity index (χ3v) is 5.31. The van der Waals surface area contributed by atoms with Crippen molar-refractivity contribution in [3.8, 4) is 0 Å². The lowest BCUT2D eigenvalue weighted by atomic mass is 9.98. The Morgan fingerprint density at radius 3 is 2.59 bits per heavy atom. The molecule has 1 fully saturated rings. The van der Waals surface area contributed by atoms with Crippen molar-refractivity contribution in [3.05, 3.63) is 29.3 Å². The first-order valence-corrected chi connectivity index (χ1v) is 9.34. The van der Waals surface area contributed by atoms with Crippen LogP contribution in [0.3, 0.4) is 0 Å². The highest BCUT2D eigenvalue weighted by Crippen LogP contribution is 2.21. The van der Waals surface area contributed by atoms with Gasteiger partial charge in [0.25, 0.3) is 5.91 Å². The van der Waals surface area contributed by atoms with Gasteiger partial charge in [-0.25, -0.2) is 0 Å². The van der Waals surface area contributed by atoms with Gasteiger partial charge in [0.1, 0.15) is 0 Å². The van der Waals surface area contributed by atoms with Crippen LogP contribution in [0, 0.1) is 6.92 Å². The molecular weight excluding hydrogens is 292 g/mol. The molecule has 4 heteroatoms. The first kappa shape index (κ1) is 17.4. The second-order valence-corrected chi connectivity index (χ2v) is 7.60. The highest BCUT2D eigenvalue weighted by molar-refractivity contribution is 7.98. The van der Waals surface area contributed by atoms with E-state index in [2.05, 4.69) is 30.1 Å². The molecule has 1 heterocycles. The standard InChI is InChI=1S/C18H28N2OS/c1-14-8-9-15(22-4)12-16(14)17(21)19-13-18(2,3)20-10-6-5-7-11-20/h8-9,12H,5-7,10-11,13H2,1-4H3,(H,19,21). The Hall–Kier alpha value is -1.00. The van der Waals surface area contributed by atoms with Crippen molar-refractivity contribution in [2.45, 2.75) is 50.5 Å². The second kappa shape index (κ2) is 7.51. The number of benzene rings is 1. The zero-order valence-corrected chi connectivity index (χ0v) is 15.1. The molecule has 1 N–H and O–H groups in total. The summed E-state index contributed by atoms with van der Waals surface area (Å²) in [7, 11) is 0. The molecule has 1 aliphatic heterocycles. The van der Waals surface area contributed by atoms with E-state index in [9.17, 15) is 4.79 Å². The zero-order valence-electron chi connectivity index (χ0n) is 14.2. The van der Waals surface area contributed by atoms with Crippen molar-refractivity contribution < 1.29 is 4.79 Å². The molecule has 1 aliphatic rings. The number of likely N-dealkylation sites (tertiary alicyclic amines) is 1. The number of rotatable bonds is 5. The van der Waals surface area contributed by atoms with Crippen molar-refractivity contribution in [2.24, 2.45) is 0 Å². The number of carbonyl (C=O) groups is 1. The first-order chi connectivity index (χ1) is 10.4. The van der Waals surface area contributed by atoms with Gasteiger partial charge in [0.05, 0.1) is 0 Å². The molecule has 0 aromatic heterocycles.